The maximum absolute atomic E-state index is 11.1. The lowest BCUT2D eigenvalue weighted by Crippen LogP contribution is -2.54. The van der Waals surface area contributed by atoms with E-state index >= 15 is 0 Å². The molecule has 0 aliphatic heterocycles. The number of aliphatic hydroxyl groups is 1. The minimum atomic E-state index is -0.0792. The molecule has 3 fully saturated rings. The molecule has 8 atom stereocenters. The summed E-state index contributed by atoms with van der Waals surface area (Å²) in [6.45, 7) is 12.1. The first-order chi connectivity index (χ1) is 13.3. The van der Waals surface area contributed by atoms with Crippen molar-refractivity contribution in [3.8, 4) is 0 Å². The first-order valence-electron chi connectivity index (χ1n) is 12.3. The van der Waals surface area contributed by atoms with Crippen molar-refractivity contribution in [1.82, 2.24) is 0 Å². The minimum Gasteiger partial charge on any atom is -0.393 e. The van der Waals surface area contributed by atoms with E-state index in [0.717, 1.165) is 30.1 Å². The monoisotopic (exact) mass is 384 g/mol. The molecule has 28 heavy (non-hydrogen) atoms. The largest absolute Gasteiger partial charge is 0.393 e. The van der Waals surface area contributed by atoms with Crippen LogP contribution in [0.25, 0.3) is 0 Å². The van der Waals surface area contributed by atoms with E-state index in [9.17, 15) is 5.11 Å². The Hall–Kier alpha value is -0.560. The van der Waals surface area contributed by atoms with Crippen LogP contribution in [0.2, 0.25) is 0 Å². The summed E-state index contributed by atoms with van der Waals surface area (Å²) in [6, 6.07) is 0. The van der Waals surface area contributed by atoms with Gasteiger partial charge in [-0.15, -0.1) is 0 Å². The lowest BCUT2D eigenvalue weighted by atomic mass is 9.47. The molecule has 0 aromatic rings. The van der Waals surface area contributed by atoms with Crippen molar-refractivity contribution in [2.24, 2.45) is 40.4 Å². The van der Waals surface area contributed by atoms with Gasteiger partial charge in [-0.3, -0.25) is 0 Å². The highest BCUT2D eigenvalue weighted by molar-refractivity contribution is 5.28. The highest BCUT2D eigenvalue weighted by Crippen LogP contribution is 2.66. The van der Waals surface area contributed by atoms with E-state index in [-0.39, 0.29) is 11.5 Å². The molecule has 0 amide bonds. The molecule has 158 valence electrons. The Morgan fingerprint density at radius 2 is 1.93 bits per heavy atom. The van der Waals surface area contributed by atoms with Crippen LogP contribution in [0.15, 0.2) is 23.3 Å². The highest BCUT2D eigenvalue weighted by Gasteiger charge is 2.59. The van der Waals surface area contributed by atoms with Crippen LogP contribution in [0, 0.1) is 40.4 Å². The molecule has 0 bridgehead atoms. The third-order valence-corrected chi connectivity index (χ3v) is 10.1. The van der Waals surface area contributed by atoms with E-state index in [2.05, 4.69) is 46.8 Å². The van der Waals surface area contributed by atoms with Crippen molar-refractivity contribution in [3.05, 3.63) is 23.3 Å². The van der Waals surface area contributed by atoms with Crippen molar-refractivity contribution < 1.29 is 5.11 Å². The van der Waals surface area contributed by atoms with Gasteiger partial charge in [-0.05, 0) is 107 Å². The van der Waals surface area contributed by atoms with E-state index in [1.54, 1.807) is 5.57 Å². The Labute approximate surface area is 174 Å². The summed E-state index contributed by atoms with van der Waals surface area (Å²) in [4.78, 5) is 0. The average Bonchev–Trinajstić information content (AvgIpc) is 3.00. The number of fused-ring (bicyclic) bond motifs is 5. The van der Waals surface area contributed by atoms with E-state index in [1.165, 1.54) is 63.4 Å². The first kappa shape index (κ1) is 20.7. The molecule has 3 saturated carbocycles. The highest BCUT2D eigenvalue weighted by atomic mass is 16.3. The second-order valence-corrected chi connectivity index (χ2v) is 11.6. The van der Waals surface area contributed by atoms with Gasteiger partial charge < -0.3 is 5.11 Å². The molecule has 1 N–H and O–H groups in total. The second-order valence-electron chi connectivity index (χ2n) is 11.6. The topological polar surface area (TPSA) is 20.2 Å². The average molecular weight is 385 g/mol. The molecule has 1 nitrogen and oxygen atoms in total. The van der Waals surface area contributed by atoms with Gasteiger partial charge in [0, 0.05) is 5.41 Å². The lowest BCUT2D eigenvalue weighted by molar-refractivity contribution is -0.0959. The number of aliphatic hydroxyl groups excluding tert-OH is 1. The van der Waals surface area contributed by atoms with Crippen LogP contribution in [0.1, 0.15) is 98.8 Å². The molecule has 0 saturated heterocycles. The summed E-state index contributed by atoms with van der Waals surface area (Å²) >= 11 is 0. The molecule has 0 aromatic heterocycles. The molecule has 0 spiro atoms. The predicted octanol–water partition coefficient (Wildman–Crippen LogP) is 7.31. The number of hydrogen-bond donors (Lipinski definition) is 1. The number of hydrogen-bond acceptors (Lipinski definition) is 1. The molecule has 1 heteroatoms. The molecular weight excluding hydrogens is 340 g/mol. The summed E-state index contributed by atoms with van der Waals surface area (Å²) in [5, 5.41) is 11.1. The summed E-state index contributed by atoms with van der Waals surface area (Å²) < 4.78 is 0. The quantitative estimate of drug-likeness (QED) is 0.504. The zero-order chi connectivity index (χ0) is 20.1. The third-order valence-electron chi connectivity index (χ3n) is 10.1. The maximum Gasteiger partial charge on any atom is 0.0602 e. The molecule has 1 unspecified atom stereocenters. The van der Waals surface area contributed by atoms with Gasteiger partial charge >= 0.3 is 0 Å². The van der Waals surface area contributed by atoms with Gasteiger partial charge in [0.1, 0.15) is 0 Å². The Morgan fingerprint density at radius 1 is 1.14 bits per heavy atom. The molecule has 0 aromatic carbocycles. The standard InChI is InChI=1S/C27H44O/c1-18(2)8-6-9-19(3)22-14-15-23-21-13-12-20-10-7-11-25(28)27(20,5)24(21)16-17-26(22,23)4/h8,13,19-20,22-25,28H,6-7,9-12,14-17H2,1-5H3/t19-,20-,22-,23+,24+,25?,26-,27+/m1/s1. The SMILES string of the molecule is CC(C)=CCC[C@@H](C)[C@H]1CC[C@H]2C3=CC[C@H]4CCCC(O)[C@]4(C)[C@H]3CC[C@]12C. The molecular formula is C27H44O. The summed E-state index contributed by atoms with van der Waals surface area (Å²) in [5.41, 5.74) is 3.89. The Kier molecular flexibility index (Phi) is 5.62. The van der Waals surface area contributed by atoms with Gasteiger partial charge in [0.15, 0.2) is 0 Å². The number of allylic oxidation sites excluding steroid dienone is 4. The van der Waals surface area contributed by atoms with Crippen LogP contribution < -0.4 is 0 Å². The molecule has 4 aliphatic carbocycles. The van der Waals surface area contributed by atoms with E-state index < -0.39 is 0 Å². The minimum absolute atomic E-state index is 0.0792. The van der Waals surface area contributed by atoms with Crippen molar-refractivity contribution in [2.45, 2.75) is 105 Å². The smallest absolute Gasteiger partial charge is 0.0602 e. The van der Waals surface area contributed by atoms with Gasteiger partial charge in [0.2, 0.25) is 0 Å². The Morgan fingerprint density at radius 3 is 2.68 bits per heavy atom. The van der Waals surface area contributed by atoms with E-state index in [0.29, 0.717) is 11.3 Å². The fourth-order valence-electron chi connectivity index (χ4n) is 8.38. The van der Waals surface area contributed by atoms with Crippen LogP contribution in [0.5, 0.6) is 0 Å². The van der Waals surface area contributed by atoms with Crippen LogP contribution in [-0.4, -0.2) is 11.2 Å². The third kappa shape index (κ3) is 3.15. The van der Waals surface area contributed by atoms with Crippen molar-refractivity contribution in [3.63, 3.8) is 0 Å². The predicted molar refractivity (Wildman–Crippen MR) is 119 cm³/mol. The maximum atomic E-state index is 11.1. The normalized spacial score (nSPS) is 46.1. The molecule has 4 rings (SSSR count). The molecule has 4 aliphatic rings. The van der Waals surface area contributed by atoms with Crippen LogP contribution in [0.4, 0.5) is 0 Å². The van der Waals surface area contributed by atoms with E-state index in [4.69, 9.17) is 0 Å². The van der Waals surface area contributed by atoms with Crippen molar-refractivity contribution in [2.75, 3.05) is 0 Å². The van der Waals surface area contributed by atoms with E-state index in [1.807, 2.05) is 0 Å². The zero-order valence-corrected chi connectivity index (χ0v) is 19.1. The van der Waals surface area contributed by atoms with Crippen LogP contribution in [0.3, 0.4) is 0 Å². The Bertz CT molecular complexity index is 641. The Balaban J connectivity index is 1.55. The molecule has 0 heterocycles. The second kappa shape index (κ2) is 7.60. The van der Waals surface area contributed by atoms with Gasteiger partial charge in [-0.1, -0.05) is 50.5 Å². The van der Waals surface area contributed by atoms with Crippen molar-refractivity contribution >= 4 is 0 Å². The zero-order valence-electron chi connectivity index (χ0n) is 19.1. The summed E-state index contributed by atoms with van der Waals surface area (Å²) in [5.74, 6) is 3.87. The van der Waals surface area contributed by atoms with Gasteiger partial charge in [-0.25, -0.2) is 0 Å². The number of rotatable bonds is 4. The summed E-state index contributed by atoms with van der Waals surface area (Å²) in [7, 11) is 0. The fourth-order valence-corrected chi connectivity index (χ4v) is 8.38. The van der Waals surface area contributed by atoms with Gasteiger partial charge in [0.05, 0.1) is 6.10 Å². The first-order valence-corrected chi connectivity index (χ1v) is 12.3. The lowest BCUT2D eigenvalue weighted by Gasteiger charge is -2.58. The fraction of sp³-hybridized carbons (Fsp3) is 0.852. The van der Waals surface area contributed by atoms with Gasteiger partial charge in [-0.2, -0.15) is 0 Å². The van der Waals surface area contributed by atoms with Crippen LogP contribution >= 0.6 is 0 Å². The van der Waals surface area contributed by atoms with Gasteiger partial charge in [0.25, 0.3) is 0 Å². The van der Waals surface area contributed by atoms with Crippen LogP contribution in [-0.2, 0) is 0 Å². The molecule has 0 radical (unpaired) electrons. The van der Waals surface area contributed by atoms with Crippen molar-refractivity contribution in [1.29, 1.82) is 0 Å². The summed E-state index contributed by atoms with van der Waals surface area (Å²) in [6.07, 6.45) is 18.0.